The van der Waals surface area contributed by atoms with Crippen LogP contribution in [0.2, 0.25) is 0 Å². The maximum atomic E-state index is 13.8. The lowest BCUT2D eigenvalue weighted by Crippen LogP contribution is -1.98. The SMILES string of the molecule is COc1ncc(-c2ccc(N)c(N)c2)cc1NSc1ccc(F)cc1F. The highest BCUT2D eigenvalue weighted by molar-refractivity contribution is 8.00. The number of anilines is 3. The molecule has 0 unspecified atom stereocenters. The van der Waals surface area contributed by atoms with Gasteiger partial charge < -0.3 is 20.9 Å². The number of ether oxygens (including phenoxy) is 1. The topological polar surface area (TPSA) is 86.2 Å². The molecule has 0 bridgehead atoms. The van der Waals surface area contributed by atoms with Crippen molar-refractivity contribution in [3.8, 4) is 17.0 Å². The smallest absolute Gasteiger partial charge is 0.237 e. The zero-order valence-corrected chi connectivity index (χ0v) is 14.6. The van der Waals surface area contributed by atoms with Crippen molar-refractivity contribution in [2.75, 3.05) is 23.3 Å². The summed E-state index contributed by atoms with van der Waals surface area (Å²) in [5.74, 6) is -0.946. The van der Waals surface area contributed by atoms with Crippen LogP contribution >= 0.6 is 11.9 Å². The van der Waals surface area contributed by atoms with Crippen LogP contribution in [0.1, 0.15) is 0 Å². The Kier molecular flexibility index (Phi) is 5.13. The first-order valence-corrected chi connectivity index (χ1v) is 8.37. The molecule has 5 nitrogen and oxygen atoms in total. The van der Waals surface area contributed by atoms with Gasteiger partial charge in [-0.15, -0.1) is 0 Å². The average Bonchev–Trinajstić information content (AvgIpc) is 2.63. The number of hydrogen-bond acceptors (Lipinski definition) is 6. The van der Waals surface area contributed by atoms with Crippen LogP contribution in [0.3, 0.4) is 0 Å². The molecule has 8 heteroatoms. The second-order valence-corrected chi connectivity index (χ2v) is 6.25. The van der Waals surface area contributed by atoms with Gasteiger partial charge in [-0.3, -0.25) is 0 Å². The normalized spacial score (nSPS) is 10.6. The van der Waals surface area contributed by atoms with Crippen molar-refractivity contribution in [3.05, 3.63) is 60.3 Å². The van der Waals surface area contributed by atoms with Crippen molar-refractivity contribution in [3.63, 3.8) is 0 Å². The minimum Gasteiger partial charge on any atom is -0.480 e. The predicted molar refractivity (Wildman–Crippen MR) is 101 cm³/mol. The van der Waals surface area contributed by atoms with E-state index in [1.165, 1.54) is 19.2 Å². The van der Waals surface area contributed by atoms with Gasteiger partial charge in [0.25, 0.3) is 0 Å². The summed E-state index contributed by atoms with van der Waals surface area (Å²) in [6.45, 7) is 0. The standard InChI is InChI=1S/C18H16F2N4OS/c1-25-18-16(24-26-17-5-3-12(19)8-13(17)20)7-11(9-23-18)10-2-4-14(21)15(22)6-10/h2-9,24H,21-22H2,1H3. The maximum absolute atomic E-state index is 13.8. The number of rotatable bonds is 5. The summed E-state index contributed by atoms with van der Waals surface area (Å²) >= 11 is 0.992. The van der Waals surface area contributed by atoms with E-state index in [9.17, 15) is 8.78 Å². The van der Waals surface area contributed by atoms with Crippen LogP contribution in [-0.4, -0.2) is 12.1 Å². The lowest BCUT2D eigenvalue weighted by Gasteiger charge is -2.12. The summed E-state index contributed by atoms with van der Waals surface area (Å²) in [7, 11) is 1.48. The maximum Gasteiger partial charge on any atom is 0.237 e. The lowest BCUT2D eigenvalue weighted by molar-refractivity contribution is 0.400. The number of nitrogens with one attached hydrogen (secondary N) is 1. The van der Waals surface area contributed by atoms with Crippen molar-refractivity contribution in [2.45, 2.75) is 4.90 Å². The van der Waals surface area contributed by atoms with E-state index < -0.39 is 11.6 Å². The Morgan fingerprint density at radius 1 is 1.00 bits per heavy atom. The molecule has 0 aliphatic carbocycles. The molecular weight excluding hydrogens is 358 g/mol. The van der Waals surface area contributed by atoms with Crippen LogP contribution in [0, 0.1) is 11.6 Å². The van der Waals surface area contributed by atoms with Crippen molar-refractivity contribution in [2.24, 2.45) is 0 Å². The fourth-order valence-electron chi connectivity index (χ4n) is 2.27. The molecule has 0 atom stereocenters. The molecule has 0 aliphatic heterocycles. The van der Waals surface area contributed by atoms with Gasteiger partial charge in [-0.05, 0) is 47.8 Å². The molecule has 0 aliphatic rings. The minimum absolute atomic E-state index is 0.246. The second-order valence-electron chi connectivity index (χ2n) is 5.40. The Morgan fingerprint density at radius 3 is 2.50 bits per heavy atom. The van der Waals surface area contributed by atoms with E-state index in [0.717, 1.165) is 29.1 Å². The lowest BCUT2D eigenvalue weighted by atomic mass is 10.1. The van der Waals surface area contributed by atoms with Gasteiger partial charge in [0, 0.05) is 17.8 Å². The van der Waals surface area contributed by atoms with Gasteiger partial charge in [0.1, 0.15) is 17.3 Å². The molecule has 1 aromatic heterocycles. The molecule has 0 amide bonds. The number of benzene rings is 2. The molecule has 0 saturated heterocycles. The van der Waals surface area contributed by atoms with E-state index in [-0.39, 0.29) is 4.90 Å². The first-order valence-electron chi connectivity index (χ1n) is 7.55. The van der Waals surface area contributed by atoms with E-state index >= 15 is 0 Å². The van der Waals surface area contributed by atoms with E-state index in [0.29, 0.717) is 22.9 Å². The molecule has 2 aromatic carbocycles. The summed E-state index contributed by atoms with van der Waals surface area (Å²) in [6, 6.07) is 10.5. The first kappa shape index (κ1) is 17.8. The molecule has 0 radical (unpaired) electrons. The summed E-state index contributed by atoms with van der Waals surface area (Å²) in [6.07, 6.45) is 1.64. The van der Waals surface area contributed by atoms with Gasteiger partial charge in [-0.2, -0.15) is 0 Å². The number of pyridine rings is 1. The number of nitrogen functional groups attached to an aromatic ring is 2. The van der Waals surface area contributed by atoms with Gasteiger partial charge in [-0.25, -0.2) is 13.8 Å². The van der Waals surface area contributed by atoms with Crippen LogP contribution in [0.4, 0.5) is 25.8 Å². The van der Waals surface area contributed by atoms with Gasteiger partial charge >= 0.3 is 0 Å². The number of nitrogens with two attached hydrogens (primary N) is 2. The molecule has 0 saturated carbocycles. The Bertz CT molecular complexity index is 952. The Balaban J connectivity index is 1.89. The third kappa shape index (κ3) is 3.80. The molecule has 3 aromatic rings. The quantitative estimate of drug-likeness (QED) is 0.455. The van der Waals surface area contributed by atoms with Gasteiger partial charge in [-0.1, -0.05) is 6.07 Å². The molecule has 0 fully saturated rings. The number of hydrogen-bond donors (Lipinski definition) is 3. The highest BCUT2D eigenvalue weighted by Gasteiger charge is 2.11. The highest BCUT2D eigenvalue weighted by Crippen LogP contribution is 2.33. The van der Waals surface area contributed by atoms with Gasteiger partial charge in [0.05, 0.1) is 23.4 Å². The second kappa shape index (κ2) is 7.49. The third-order valence-electron chi connectivity index (χ3n) is 3.63. The first-order chi connectivity index (χ1) is 12.5. The molecule has 26 heavy (non-hydrogen) atoms. The fraction of sp³-hybridized carbons (Fsp3) is 0.0556. The molecule has 1 heterocycles. The Morgan fingerprint density at radius 2 is 1.81 bits per heavy atom. The molecule has 5 N–H and O–H groups in total. The van der Waals surface area contributed by atoms with E-state index in [2.05, 4.69) is 9.71 Å². The average molecular weight is 374 g/mol. The Hall–Kier alpha value is -3.00. The molecule has 3 rings (SSSR count). The monoisotopic (exact) mass is 374 g/mol. The summed E-state index contributed by atoms with van der Waals surface area (Å²) in [5.41, 5.74) is 14.7. The van der Waals surface area contributed by atoms with E-state index in [4.69, 9.17) is 16.2 Å². The van der Waals surface area contributed by atoms with Crippen molar-refractivity contribution in [1.82, 2.24) is 4.98 Å². The number of methoxy groups -OCH3 is 1. The van der Waals surface area contributed by atoms with Crippen molar-refractivity contribution < 1.29 is 13.5 Å². The van der Waals surface area contributed by atoms with E-state index in [1.807, 2.05) is 6.07 Å². The molecular formula is C18H16F2N4OS. The van der Waals surface area contributed by atoms with Crippen molar-refractivity contribution in [1.29, 1.82) is 0 Å². The zero-order valence-electron chi connectivity index (χ0n) is 13.8. The van der Waals surface area contributed by atoms with Gasteiger partial charge in [0.15, 0.2) is 0 Å². The molecule has 134 valence electrons. The number of nitrogens with zero attached hydrogens (tertiary/aromatic N) is 1. The van der Waals surface area contributed by atoms with Crippen LogP contribution < -0.4 is 20.9 Å². The van der Waals surface area contributed by atoms with Crippen molar-refractivity contribution >= 4 is 29.0 Å². The van der Waals surface area contributed by atoms with Gasteiger partial charge in [0.2, 0.25) is 5.88 Å². The van der Waals surface area contributed by atoms with Crippen LogP contribution in [0.15, 0.2) is 53.6 Å². The summed E-state index contributed by atoms with van der Waals surface area (Å²) in [4.78, 5) is 4.50. The van der Waals surface area contributed by atoms with Crippen LogP contribution in [0.5, 0.6) is 5.88 Å². The minimum atomic E-state index is -0.656. The summed E-state index contributed by atoms with van der Waals surface area (Å²) in [5, 5.41) is 0. The third-order valence-corrected chi connectivity index (χ3v) is 4.50. The number of aromatic nitrogens is 1. The van der Waals surface area contributed by atoms with Crippen LogP contribution in [-0.2, 0) is 0 Å². The zero-order chi connectivity index (χ0) is 18.7. The van der Waals surface area contributed by atoms with Crippen LogP contribution in [0.25, 0.3) is 11.1 Å². The predicted octanol–water partition coefficient (Wildman–Crippen LogP) is 4.32. The number of halogens is 2. The largest absolute Gasteiger partial charge is 0.480 e. The van der Waals surface area contributed by atoms with E-state index in [1.54, 1.807) is 24.4 Å². The highest BCUT2D eigenvalue weighted by atomic mass is 32.2. The fourth-order valence-corrected chi connectivity index (χ4v) is 2.93. The molecule has 0 spiro atoms. The summed E-state index contributed by atoms with van der Waals surface area (Å²) < 4.78 is 35.0. The Labute approximate surface area is 153 Å².